The van der Waals surface area contributed by atoms with Gasteiger partial charge >= 0.3 is 0 Å². The normalized spacial score (nSPS) is 12.8. The van der Waals surface area contributed by atoms with Crippen molar-refractivity contribution in [2.75, 3.05) is 0 Å². The van der Waals surface area contributed by atoms with Crippen LogP contribution >= 0.6 is 46.1 Å². The van der Waals surface area contributed by atoms with Crippen LogP contribution in [0.2, 0.25) is 15.2 Å². The number of thiophene rings is 1. The topological polar surface area (TPSA) is 38.9 Å². The van der Waals surface area contributed by atoms with Gasteiger partial charge in [0.2, 0.25) is 0 Å². The van der Waals surface area contributed by atoms with E-state index in [-0.39, 0.29) is 11.2 Å². The van der Waals surface area contributed by atoms with E-state index in [2.05, 4.69) is 4.98 Å². The van der Waals surface area contributed by atoms with Crippen LogP contribution in [0.1, 0.15) is 17.2 Å². The van der Waals surface area contributed by atoms with Crippen molar-refractivity contribution in [3.05, 3.63) is 49.3 Å². The predicted molar refractivity (Wildman–Crippen MR) is 69.6 cm³/mol. The molecule has 0 saturated heterocycles. The molecular formula is C10H7Cl3N2S. The zero-order valence-corrected chi connectivity index (χ0v) is 11.0. The van der Waals surface area contributed by atoms with Crippen LogP contribution in [-0.4, -0.2) is 4.98 Å². The lowest BCUT2D eigenvalue weighted by atomic mass is 10.0. The summed E-state index contributed by atoms with van der Waals surface area (Å²) in [6, 6.07) is 1.54. The molecular weight excluding hydrogens is 287 g/mol. The van der Waals surface area contributed by atoms with Crippen LogP contribution in [0.4, 0.5) is 0 Å². The third-order valence-electron chi connectivity index (χ3n) is 2.18. The van der Waals surface area contributed by atoms with Crippen LogP contribution in [0.15, 0.2) is 23.0 Å². The molecule has 0 aliphatic rings. The minimum Gasteiger partial charge on any atom is -0.320 e. The summed E-state index contributed by atoms with van der Waals surface area (Å²) < 4.78 is 0. The maximum absolute atomic E-state index is 6.08. The molecule has 16 heavy (non-hydrogen) atoms. The molecule has 6 heteroatoms. The smallest absolute Gasteiger partial charge is 0.148 e. The summed E-state index contributed by atoms with van der Waals surface area (Å²) in [7, 11) is 0. The molecule has 0 aliphatic heterocycles. The van der Waals surface area contributed by atoms with Crippen molar-refractivity contribution >= 4 is 46.1 Å². The molecule has 2 heterocycles. The van der Waals surface area contributed by atoms with Gasteiger partial charge in [-0.1, -0.05) is 34.8 Å². The Morgan fingerprint density at radius 3 is 2.69 bits per heavy atom. The molecule has 2 aromatic heterocycles. The lowest BCUT2D eigenvalue weighted by molar-refractivity contribution is 0.874. The van der Waals surface area contributed by atoms with Crippen LogP contribution < -0.4 is 5.73 Å². The number of nitrogens with two attached hydrogens (primary N) is 1. The van der Waals surface area contributed by atoms with E-state index in [1.807, 2.05) is 16.8 Å². The molecule has 2 N–H and O–H groups in total. The molecule has 0 bridgehead atoms. The molecule has 0 amide bonds. The second kappa shape index (κ2) is 4.90. The minimum absolute atomic E-state index is 0.215. The largest absolute Gasteiger partial charge is 0.320 e. The summed E-state index contributed by atoms with van der Waals surface area (Å²) in [5.74, 6) is 0. The van der Waals surface area contributed by atoms with Gasteiger partial charge in [0.15, 0.2) is 0 Å². The summed E-state index contributed by atoms with van der Waals surface area (Å²) >= 11 is 19.5. The fourth-order valence-corrected chi connectivity index (χ4v) is 2.78. The van der Waals surface area contributed by atoms with Crippen molar-refractivity contribution in [3.63, 3.8) is 0 Å². The molecule has 0 aromatic carbocycles. The Morgan fingerprint density at radius 2 is 2.06 bits per heavy atom. The minimum atomic E-state index is -0.383. The van der Waals surface area contributed by atoms with Crippen molar-refractivity contribution in [2.45, 2.75) is 6.04 Å². The van der Waals surface area contributed by atoms with Gasteiger partial charge in [-0.25, -0.2) is 4.98 Å². The highest BCUT2D eigenvalue weighted by molar-refractivity contribution is 7.08. The van der Waals surface area contributed by atoms with E-state index in [1.165, 1.54) is 6.20 Å². The van der Waals surface area contributed by atoms with E-state index in [1.54, 1.807) is 11.3 Å². The van der Waals surface area contributed by atoms with E-state index in [4.69, 9.17) is 40.5 Å². The Hall–Kier alpha value is -0.320. The number of halogens is 3. The van der Waals surface area contributed by atoms with E-state index < -0.39 is 0 Å². The van der Waals surface area contributed by atoms with Gasteiger partial charge in [-0.15, -0.1) is 0 Å². The average Bonchev–Trinajstić information content (AvgIpc) is 2.77. The molecule has 1 atom stereocenters. The van der Waals surface area contributed by atoms with Crippen LogP contribution in [0, 0.1) is 0 Å². The molecule has 0 saturated carbocycles. The number of aromatic nitrogens is 1. The highest BCUT2D eigenvalue weighted by Crippen LogP contribution is 2.36. The Morgan fingerprint density at radius 1 is 1.31 bits per heavy atom. The lowest BCUT2D eigenvalue weighted by Gasteiger charge is -2.14. The SMILES string of the molecule is N[C@H](c1ccsc1)c1c(Cl)cnc(Cl)c1Cl. The zero-order chi connectivity index (χ0) is 11.7. The van der Waals surface area contributed by atoms with Crippen molar-refractivity contribution in [2.24, 2.45) is 5.73 Å². The van der Waals surface area contributed by atoms with Crippen molar-refractivity contribution in [3.8, 4) is 0 Å². The van der Waals surface area contributed by atoms with E-state index in [0.717, 1.165) is 5.56 Å². The van der Waals surface area contributed by atoms with Crippen LogP contribution in [0.25, 0.3) is 0 Å². The summed E-state index contributed by atoms with van der Waals surface area (Å²) in [5, 5.41) is 4.85. The summed E-state index contributed by atoms with van der Waals surface area (Å²) in [6.45, 7) is 0. The Balaban J connectivity index is 2.52. The zero-order valence-electron chi connectivity index (χ0n) is 7.95. The first-order chi connectivity index (χ1) is 7.61. The fraction of sp³-hybridized carbons (Fsp3) is 0.100. The van der Waals surface area contributed by atoms with Crippen LogP contribution in [0.3, 0.4) is 0 Å². The van der Waals surface area contributed by atoms with Gasteiger partial charge in [0.1, 0.15) is 5.15 Å². The second-order valence-electron chi connectivity index (χ2n) is 3.16. The van der Waals surface area contributed by atoms with Crippen molar-refractivity contribution in [1.82, 2.24) is 4.98 Å². The molecule has 2 nitrogen and oxygen atoms in total. The summed E-state index contributed by atoms with van der Waals surface area (Å²) in [4.78, 5) is 3.85. The van der Waals surface area contributed by atoms with Crippen molar-refractivity contribution in [1.29, 1.82) is 0 Å². The predicted octanol–water partition coefficient (Wildman–Crippen LogP) is 4.15. The third-order valence-corrected chi connectivity index (χ3v) is 3.95. The molecule has 0 aliphatic carbocycles. The number of rotatable bonds is 2. The average molecular weight is 294 g/mol. The van der Waals surface area contributed by atoms with Gasteiger partial charge in [-0.3, -0.25) is 0 Å². The Kier molecular flexibility index (Phi) is 3.72. The third kappa shape index (κ3) is 2.19. The van der Waals surface area contributed by atoms with Gasteiger partial charge in [0, 0.05) is 11.8 Å². The summed E-state index contributed by atoms with van der Waals surface area (Å²) in [5.41, 5.74) is 7.65. The molecule has 2 rings (SSSR count). The highest BCUT2D eigenvalue weighted by Gasteiger charge is 2.19. The first-order valence-corrected chi connectivity index (χ1v) is 6.46. The van der Waals surface area contributed by atoms with Gasteiger partial charge in [-0.2, -0.15) is 11.3 Å². The maximum atomic E-state index is 6.08. The number of pyridine rings is 1. The number of nitrogens with zero attached hydrogens (tertiary/aromatic N) is 1. The van der Waals surface area contributed by atoms with E-state index >= 15 is 0 Å². The monoisotopic (exact) mass is 292 g/mol. The first kappa shape index (κ1) is 12.1. The quantitative estimate of drug-likeness (QED) is 0.845. The van der Waals surface area contributed by atoms with Crippen molar-refractivity contribution < 1.29 is 0 Å². The molecule has 2 aromatic rings. The Bertz CT molecular complexity index is 499. The van der Waals surface area contributed by atoms with Crippen LogP contribution in [-0.2, 0) is 0 Å². The van der Waals surface area contributed by atoms with E-state index in [9.17, 15) is 0 Å². The molecule has 84 valence electrons. The Labute approximate surface area is 112 Å². The van der Waals surface area contributed by atoms with Gasteiger partial charge in [-0.05, 0) is 22.4 Å². The van der Waals surface area contributed by atoms with Gasteiger partial charge < -0.3 is 5.73 Å². The maximum Gasteiger partial charge on any atom is 0.148 e. The second-order valence-corrected chi connectivity index (χ2v) is 5.08. The summed E-state index contributed by atoms with van der Waals surface area (Å²) in [6.07, 6.45) is 1.46. The lowest BCUT2D eigenvalue weighted by Crippen LogP contribution is -2.12. The van der Waals surface area contributed by atoms with E-state index in [0.29, 0.717) is 15.6 Å². The van der Waals surface area contributed by atoms with Gasteiger partial charge in [0.05, 0.1) is 16.1 Å². The van der Waals surface area contributed by atoms with Gasteiger partial charge in [0.25, 0.3) is 0 Å². The molecule has 0 radical (unpaired) electrons. The number of hydrogen-bond donors (Lipinski definition) is 1. The first-order valence-electron chi connectivity index (χ1n) is 4.38. The fourth-order valence-electron chi connectivity index (χ4n) is 1.36. The molecule has 0 fully saturated rings. The molecule has 0 unspecified atom stereocenters. The van der Waals surface area contributed by atoms with Crippen LogP contribution in [0.5, 0.6) is 0 Å². The standard InChI is InChI=1S/C10H7Cl3N2S/c11-6-3-15-10(13)8(12)7(6)9(14)5-1-2-16-4-5/h1-4,9H,14H2/t9-/m1/s1. The highest BCUT2D eigenvalue weighted by atomic mass is 35.5. The molecule has 0 spiro atoms. The number of hydrogen-bond acceptors (Lipinski definition) is 3.